The molecule has 0 fully saturated rings. The van der Waals surface area contributed by atoms with Crippen molar-refractivity contribution >= 4 is 33.6 Å². The molecule has 0 atom stereocenters. The third-order valence-corrected chi connectivity index (χ3v) is 3.85. The third-order valence-electron chi connectivity index (χ3n) is 3.85. The van der Waals surface area contributed by atoms with Crippen molar-refractivity contribution < 1.29 is 0 Å². The first-order valence-electron chi connectivity index (χ1n) is 6.33. The highest BCUT2D eigenvalue weighted by molar-refractivity contribution is 6.55. The molecule has 3 heteroatoms. The summed E-state index contributed by atoms with van der Waals surface area (Å²) in [7, 11) is 3.63. The standard InChI is InChI=1S/C16H13N3/c1-17-15-13-10-7-3-5-9-6-4-8-11(12(9)10)14(13)16(18-2)19-15/h3-8H,1-2H3,(H,17,18,19). The normalized spacial score (nSPS) is 20.5. The van der Waals surface area contributed by atoms with Gasteiger partial charge in [-0.2, -0.15) is 0 Å². The Morgan fingerprint density at radius 1 is 0.789 bits per heavy atom. The van der Waals surface area contributed by atoms with Gasteiger partial charge in [0, 0.05) is 25.2 Å². The molecule has 0 bridgehead atoms. The molecule has 4 rings (SSSR count). The van der Waals surface area contributed by atoms with Crippen molar-refractivity contribution in [3.8, 4) is 0 Å². The maximum Gasteiger partial charge on any atom is 0.135 e. The van der Waals surface area contributed by atoms with E-state index in [0.717, 1.165) is 11.7 Å². The lowest BCUT2D eigenvalue weighted by Crippen LogP contribution is -2.24. The molecule has 92 valence electrons. The average Bonchev–Trinajstić information content (AvgIpc) is 2.98. The van der Waals surface area contributed by atoms with Gasteiger partial charge in [0.15, 0.2) is 0 Å². The van der Waals surface area contributed by atoms with Gasteiger partial charge in [-0.15, -0.1) is 0 Å². The van der Waals surface area contributed by atoms with Crippen molar-refractivity contribution in [1.82, 2.24) is 5.32 Å². The summed E-state index contributed by atoms with van der Waals surface area (Å²) in [4.78, 5) is 8.73. The highest BCUT2D eigenvalue weighted by Crippen LogP contribution is 2.44. The number of benzene rings is 2. The van der Waals surface area contributed by atoms with Gasteiger partial charge in [0.2, 0.25) is 0 Å². The molecular weight excluding hydrogens is 234 g/mol. The summed E-state index contributed by atoms with van der Waals surface area (Å²) in [6.07, 6.45) is 0. The van der Waals surface area contributed by atoms with E-state index in [1.165, 1.54) is 33.0 Å². The number of nitrogens with zero attached hydrogens (tertiary/aromatic N) is 2. The number of hydrogen-bond acceptors (Lipinski definition) is 2. The Balaban J connectivity index is 2.18. The predicted octanol–water partition coefficient (Wildman–Crippen LogP) is 2.72. The van der Waals surface area contributed by atoms with E-state index in [9.17, 15) is 0 Å². The molecule has 2 aromatic carbocycles. The first kappa shape index (κ1) is 10.5. The molecule has 3 nitrogen and oxygen atoms in total. The minimum atomic E-state index is 0.916. The van der Waals surface area contributed by atoms with E-state index in [2.05, 4.69) is 51.7 Å². The predicted molar refractivity (Wildman–Crippen MR) is 80.6 cm³/mol. The fourth-order valence-corrected chi connectivity index (χ4v) is 3.09. The van der Waals surface area contributed by atoms with Crippen molar-refractivity contribution in [3.63, 3.8) is 0 Å². The lowest BCUT2D eigenvalue weighted by atomic mass is 10.0. The molecular formula is C16H13N3. The molecule has 1 aliphatic carbocycles. The molecule has 0 unspecified atom stereocenters. The largest absolute Gasteiger partial charge is 0.324 e. The number of rotatable bonds is 0. The van der Waals surface area contributed by atoms with Gasteiger partial charge in [0.25, 0.3) is 0 Å². The molecule has 0 spiro atoms. The molecule has 1 N–H and O–H groups in total. The van der Waals surface area contributed by atoms with Crippen LogP contribution in [0.25, 0.3) is 21.9 Å². The van der Waals surface area contributed by atoms with Gasteiger partial charge in [-0.1, -0.05) is 36.4 Å². The smallest absolute Gasteiger partial charge is 0.135 e. The van der Waals surface area contributed by atoms with Gasteiger partial charge in [-0.3, -0.25) is 9.98 Å². The fourth-order valence-electron chi connectivity index (χ4n) is 3.09. The molecule has 0 amide bonds. The molecule has 1 aliphatic heterocycles. The Bertz CT molecular complexity index is 747. The van der Waals surface area contributed by atoms with Crippen molar-refractivity contribution in [2.45, 2.75) is 0 Å². The summed E-state index contributed by atoms with van der Waals surface area (Å²) in [6.45, 7) is 0. The Labute approximate surface area is 111 Å². The second-order valence-electron chi connectivity index (χ2n) is 4.73. The van der Waals surface area contributed by atoms with Crippen LogP contribution in [0.4, 0.5) is 0 Å². The van der Waals surface area contributed by atoms with Crippen LogP contribution < -0.4 is 5.32 Å². The SMILES string of the molecule is C/N=C1\N/C(=N\C)C2=C1c1cccc3cccc2c13. The van der Waals surface area contributed by atoms with E-state index in [-0.39, 0.29) is 0 Å². The van der Waals surface area contributed by atoms with Crippen molar-refractivity contribution in [3.05, 3.63) is 47.5 Å². The monoisotopic (exact) mass is 247 g/mol. The van der Waals surface area contributed by atoms with Gasteiger partial charge >= 0.3 is 0 Å². The van der Waals surface area contributed by atoms with E-state index in [0.29, 0.717) is 0 Å². The van der Waals surface area contributed by atoms with E-state index in [1.807, 2.05) is 14.1 Å². The highest BCUT2D eigenvalue weighted by atomic mass is 15.1. The summed E-state index contributed by atoms with van der Waals surface area (Å²) in [5, 5.41) is 5.89. The summed E-state index contributed by atoms with van der Waals surface area (Å²) >= 11 is 0. The van der Waals surface area contributed by atoms with Gasteiger partial charge in [0.05, 0.1) is 0 Å². The van der Waals surface area contributed by atoms with Crippen LogP contribution in [0.1, 0.15) is 11.1 Å². The van der Waals surface area contributed by atoms with Crippen molar-refractivity contribution in [2.24, 2.45) is 9.98 Å². The van der Waals surface area contributed by atoms with E-state index < -0.39 is 0 Å². The fraction of sp³-hybridized carbons (Fsp3) is 0.125. The zero-order valence-electron chi connectivity index (χ0n) is 10.9. The van der Waals surface area contributed by atoms with Crippen LogP contribution in [0.15, 0.2) is 46.4 Å². The first-order valence-corrected chi connectivity index (χ1v) is 6.33. The second kappa shape index (κ2) is 3.54. The van der Waals surface area contributed by atoms with Crippen LogP contribution in [0.2, 0.25) is 0 Å². The van der Waals surface area contributed by atoms with Gasteiger partial charge in [-0.05, 0) is 21.9 Å². The number of aliphatic imine (C=N–C) groups is 2. The summed E-state index contributed by atoms with van der Waals surface area (Å²) < 4.78 is 0. The molecule has 19 heavy (non-hydrogen) atoms. The Morgan fingerprint density at radius 2 is 1.32 bits per heavy atom. The van der Waals surface area contributed by atoms with E-state index in [4.69, 9.17) is 0 Å². The minimum absolute atomic E-state index is 0.916. The van der Waals surface area contributed by atoms with Crippen molar-refractivity contribution in [2.75, 3.05) is 14.1 Å². The zero-order valence-corrected chi connectivity index (χ0v) is 10.9. The van der Waals surface area contributed by atoms with E-state index in [1.54, 1.807) is 0 Å². The summed E-state index contributed by atoms with van der Waals surface area (Å²) in [5.41, 5.74) is 4.90. The topological polar surface area (TPSA) is 36.8 Å². The first-order chi connectivity index (χ1) is 9.35. The quantitative estimate of drug-likeness (QED) is 0.763. The Kier molecular flexibility index (Phi) is 1.96. The Morgan fingerprint density at radius 3 is 1.79 bits per heavy atom. The molecule has 0 saturated carbocycles. The lowest BCUT2D eigenvalue weighted by Gasteiger charge is -2.09. The zero-order chi connectivity index (χ0) is 13.0. The number of hydrogen-bond donors (Lipinski definition) is 1. The molecule has 2 aromatic rings. The number of fused-ring (bicyclic) bond motifs is 2. The average molecular weight is 247 g/mol. The number of nitrogens with one attached hydrogen (secondary N) is 1. The summed E-state index contributed by atoms with van der Waals surface area (Å²) in [6, 6.07) is 12.9. The maximum atomic E-state index is 4.37. The van der Waals surface area contributed by atoms with Crippen molar-refractivity contribution in [1.29, 1.82) is 0 Å². The summed E-state index contributed by atoms with van der Waals surface area (Å²) in [5.74, 6) is 1.83. The van der Waals surface area contributed by atoms with Crippen LogP contribution in [0, 0.1) is 0 Å². The van der Waals surface area contributed by atoms with Gasteiger partial charge in [0.1, 0.15) is 11.7 Å². The van der Waals surface area contributed by atoms with Crippen LogP contribution in [0.5, 0.6) is 0 Å². The Hall–Kier alpha value is -2.42. The minimum Gasteiger partial charge on any atom is -0.324 e. The molecule has 0 saturated heterocycles. The van der Waals surface area contributed by atoms with Gasteiger partial charge in [-0.25, -0.2) is 0 Å². The molecule has 0 aromatic heterocycles. The van der Waals surface area contributed by atoms with E-state index >= 15 is 0 Å². The third kappa shape index (κ3) is 1.17. The second-order valence-corrected chi connectivity index (χ2v) is 4.73. The lowest BCUT2D eigenvalue weighted by molar-refractivity contribution is 1.29. The molecule has 0 radical (unpaired) electrons. The van der Waals surface area contributed by atoms with Crippen LogP contribution in [0.3, 0.4) is 0 Å². The van der Waals surface area contributed by atoms with Crippen LogP contribution >= 0.6 is 0 Å². The van der Waals surface area contributed by atoms with Crippen LogP contribution in [-0.4, -0.2) is 25.8 Å². The highest BCUT2D eigenvalue weighted by Gasteiger charge is 2.34. The van der Waals surface area contributed by atoms with Gasteiger partial charge < -0.3 is 5.32 Å². The maximum absolute atomic E-state index is 4.37. The molecule has 2 aliphatic rings. The number of amidine groups is 2. The van der Waals surface area contributed by atoms with Crippen LogP contribution in [-0.2, 0) is 0 Å². The molecule has 1 heterocycles.